The highest BCUT2D eigenvalue weighted by Gasteiger charge is 2.31. The largest absolute Gasteiger partial charge is 0.489 e. The number of fused-ring (bicyclic) bond motifs is 1. The van der Waals surface area contributed by atoms with E-state index < -0.39 is 10.0 Å². The minimum Gasteiger partial charge on any atom is -0.489 e. The fourth-order valence-corrected chi connectivity index (χ4v) is 5.19. The van der Waals surface area contributed by atoms with Gasteiger partial charge in [0.25, 0.3) is 0 Å². The van der Waals surface area contributed by atoms with Crippen molar-refractivity contribution in [1.29, 1.82) is 0 Å². The van der Waals surface area contributed by atoms with Crippen LogP contribution in [0.1, 0.15) is 32.6 Å². The number of anilines is 1. The number of benzene rings is 1. The fourth-order valence-electron chi connectivity index (χ4n) is 3.16. The first-order valence-electron chi connectivity index (χ1n) is 8.16. The van der Waals surface area contributed by atoms with Crippen LogP contribution in [0, 0.1) is 0 Å². The zero-order valence-corrected chi connectivity index (χ0v) is 15.2. The van der Waals surface area contributed by atoms with Gasteiger partial charge in [-0.25, -0.2) is 8.42 Å². The van der Waals surface area contributed by atoms with E-state index in [1.165, 1.54) is 23.4 Å². The molecule has 2 aliphatic rings. The Kier molecular flexibility index (Phi) is 5.03. The van der Waals surface area contributed by atoms with Gasteiger partial charge in [0.2, 0.25) is 15.9 Å². The fraction of sp³-hybridized carbons (Fsp3) is 0.562. The van der Waals surface area contributed by atoms with Gasteiger partial charge in [0.05, 0.1) is 17.3 Å². The van der Waals surface area contributed by atoms with Crippen LogP contribution in [0.25, 0.3) is 0 Å². The molecule has 0 radical (unpaired) electrons. The van der Waals surface area contributed by atoms with Crippen molar-refractivity contribution in [2.75, 3.05) is 31.1 Å². The van der Waals surface area contributed by atoms with E-state index in [9.17, 15) is 13.2 Å². The molecule has 0 N–H and O–H groups in total. The second-order valence-electron chi connectivity index (χ2n) is 6.09. The van der Waals surface area contributed by atoms with Crippen LogP contribution in [0.3, 0.4) is 0 Å². The van der Waals surface area contributed by atoms with Crippen molar-refractivity contribution in [1.82, 2.24) is 4.31 Å². The third kappa shape index (κ3) is 3.25. The number of hydrogen-bond donors (Lipinski definition) is 0. The zero-order chi connectivity index (χ0) is 17.3. The standard InChI is InChI=1S/C16H21ClN2O4S/c1-12(20)19-8-9-23-15-11-16(13(17)10-14(15)19)24(21,22)18-6-4-2-3-5-7-18/h10-11H,2-9H2,1H3. The monoisotopic (exact) mass is 372 g/mol. The molecular weight excluding hydrogens is 352 g/mol. The Bertz CT molecular complexity index is 743. The number of halogens is 1. The third-order valence-electron chi connectivity index (χ3n) is 4.44. The Labute approximate surface area is 147 Å². The van der Waals surface area contributed by atoms with Crippen molar-refractivity contribution in [2.45, 2.75) is 37.5 Å². The molecule has 2 heterocycles. The van der Waals surface area contributed by atoms with Crippen molar-refractivity contribution in [2.24, 2.45) is 0 Å². The summed E-state index contributed by atoms with van der Waals surface area (Å²) in [5.41, 5.74) is 0.522. The van der Waals surface area contributed by atoms with E-state index in [2.05, 4.69) is 0 Å². The number of sulfonamides is 1. The molecule has 0 saturated carbocycles. The second kappa shape index (κ2) is 6.90. The Morgan fingerprint density at radius 2 is 1.79 bits per heavy atom. The normalized spacial score (nSPS) is 19.3. The molecule has 0 bridgehead atoms. The molecule has 1 fully saturated rings. The minimum atomic E-state index is -3.67. The molecule has 0 atom stereocenters. The average Bonchev–Trinajstić information content (AvgIpc) is 2.83. The smallest absolute Gasteiger partial charge is 0.244 e. The topological polar surface area (TPSA) is 66.9 Å². The van der Waals surface area contributed by atoms with Crippen molar-refractivity contribution in [3.05, 3.63) is 17.2 Å². The Balaban J connectivity index is 2.01. The van der Waals surface area contributed by atoms with E-state index in [0.29, 0.717) is 37.7 Å². The van der Waals surface area contributed by atoms with Crippen LogP contribution in [0.15, 0.2) is 17.0 Å². The van der Waals surface area contributed by atoms with E-state index in [-0.39, 0.29) is 15.8 Å². The van der Waals surface area contributed by atoms with Crippen LogP contribution in [0.4, 0.5) is 5.69 Å². The van der Waals surface area contributed by atoms with Gasteiger partial charge >= 0.3 is 0 Å². The molecule has 0 unspecified atom stereocenters. The number of ether oxygens (including phenoxy) is 1. The maximum Gasteiger partial charge on any atom is 0.244 e. The van der Waals surface area contributed by atoms with Gasteiger partial charge in [0.1, 0.15) is 17.3 Å². The Hall–Kier alpha value is -1.31. The van der Waals surface area contributed by atoms with Crippen LogP contribution < -0.4 is 9.64 Å². The SMILES string of the molecule is CC(=O)N1CCOc2cc(S(=O)(=O)N3CCCCCC3)c(Cl)cc21. The molecule has 0 aliphatic carbocycles. The first-order chi connectivity index (χ1) is 11.4. The second-order valence-corrected chi connectivity index (χ2v) is 8.40. The summed E-state index contributed by atoms with van der Waals surface area (Å²) in [6.07, 6.45) is 3.80. The number of nitrogens with zero attached hydrogens (tertiary/aromatic N) is 2. The molecule has 0 aromatic heterocycles. The molecule has 1 aromatic carbocycles. The lowest BCUT2D eigenvalue weighted by molar-refractivity contribution is -0.116. The van der Waals surface area contributed by atoms with Gasteiger partial charge in [-0.05, 0) is 18.9 Å². The summed E-state index contributed by atoms with van der Waals surface area (Å²) in [4.78, 5) is 13.3. The number of carbonyl (C=O) groups is 1. The summed E-state index contributed by atoms with van der Waals surface area (Å²) in [6.45, 7) is 3.24. The Morgan fingerprint density at radius 1 is 1.12 bits per heavy atom. The maximum absolute atomic E-state index is 13.0. The lowest BCUT2D eigenvalue weighted by atomic mass is 10.2. The van der Waals surface area contributed by atoms with Gasteiger partial charge in [-0.3, -0.25) is 4.79 Å². The van der Waals surface area contributed by atoms with Gasteiger partial charge < -0.3 is 9.64 Å². The van der Waals surface area contributed by atoms with Crippen LogP contribution in [0.5, 0.6) is 5.75 Å². The molecule has 2 aliphatic heterocycles. The summed E-state index contributed by atoms with van der Waals surface area (Å²) < 4.78 is 33.0. The van der Waals surface area contributed by atoms with Gasteiger partial charge in [0.15, 0.2) is 0 Å². The zero-order valence-electron chi connectivity index (χ0n) is 13.6. The lowest BCUT2D eigenvalue weighted by Crippen LogP contribution is -2.37. The van der Waals surface area contributed by atoms with Gasteiger partial charge in [0, 0.05) is 26.1 Å². The van der Waals surface area contributed by atoms with Crippen LogP contribution in [-0.4, -0.2) is 44.9 Å². The van der Waals surface area contributed by atoms with Crippen LogP contribution >= 0.6 is 11.6 Å². The number of amides is 1. The molecular formula is C16H21ClN2O4S. The van der Waals surface area contributed by atoms with E-state index in [4.69, 9.17) is 16.3 Å². The highest BCUT2D eigenvalue weighted by atomic mass is 35.5. The number of rotatable bonds is 2. The van der Waals surface area contributed by atoms with Gasteiger partial charge in [-0.1, -0.05) is 24.4 Å². The predicted molar refractivity (Wildman–Crippen MR) is 92.2 cm³/mol. The van der Waals surface area contributed by atoms with Crippen LogP contribution in [-0.2, 0) is 14.8 Å². The summed E-state index contributed by atoms with van der Waals surface area (Å²) in [6, 6.07) is 2.97. The van der Waals surface area contributed by atoms with Gasteiger partial charge in [-0.15, -0.1) is 0 Å². The van der Waals surface area contributed by atoms with Crippen LogP contribution in [0.2, 0.25) is 5.02 Å². The van der Waals surface area contributed by atoms with Crippen molar-refractivity contribution in [3.8, 4) is 5.75 Å². The van der Waals surface area contributed by atoms with E-state index in [1.807, 2.05) is 0 Å². The summed E-state index contributed by atoms with van der Waals surface area (Å²) in [5, 5.41) is 0.120. The molecule has 3 rings (SSSR count). The van der Waals surface area contributed by atoms with Crippen molar-refractivity contribution in [3.63, 3.8) is 0 Å². The third-order valence-corrected chi connectivity index (χ3v) is 6.80. The summed E-state index contributed by atoms with van der Waals surface area (Å²) in [5.74, 6) is 0.257. The molecule has 6 nitrogen and oxygen atoms in total. The average molecular weight is 373 g/mol. The minimum absolute atomic E-state index is 0.0511. The quantitative estimate of drug-likeness (QED) is 0.800. The molecule has 8 heteroatoms. The molecule has 24 heavy (non-hydrogen) atoms. The number of hydrogen-bond acceptors (Lipinski definition) is 4. The molecule has 0 spiro atoms. The van der Waals surface area contributed by atoms with E-state index >= 15 is 0 Å². The molecule has 1 amide bonds. The maximum atomic E-state index is 13.0. The summed E-state index contributed by atoms with van der Waals surface area (Å²) in [7, 11) is -3.67. The number of carbonyl (C=O) groups excluding carboxylic acids is 1. The molecule has 1 aromatic rings. The first-order valence-corrected chi connectivity index (χ1v) is 9.97. The first kappa shape index (κ1) is 17.5. The predicted octanol–water partition coefficient (Wildman–Crippen LogP) is 2.65. The Morgan fingerprint density at radius 3 is 2.42 bits per heavy atom. The lowest BCUT2D eigenvalue weighted by Gasteiger charge is -2.30. The van der Waals surface area contributed by atoms with E-state index in [0.717, 1.165) is 25.7 Å². The van der Waals surface area contributed by atoms with Crippen molar-refractivity contribution < 1.29 is 17.9 Å². The highest BCUT2D eigenvalue weighted by molar-refractivity contribution is 7.89. The van der Waals surface area contributed by atoms with E-state index in [1.54, 1.807) is 4.90 Å². The highest BCUT2D eigenvalue weighted by Crippen LogP contribution is 2.39. The molecule has 1 saturated heterocycles. The summed E-state index contributed by atoms with van der Waals surface area (Å²) >= 11 is 6.28. The van der Waals surface area contributed by atoms with Gasteiger partial charge in [-0.2, -0.15) is 4.31 Å². The molecule has 132 valence electrons. The van der Waals surface area contributed by atoms with Crippen molar-refractivity contribution >= 4 is 33.2 Å².